The van der Waals surface area contributed by atoms with Crippen LogP contribution in [0.15, 0.2) is 6.20 Å². The van der Waals surface area contributed by atoms with Gasteiger partial charge in [0.05, 0.1) is 12.1 Å². The Balaban J connectivity index is 2.81. The van der Waals surface area contributed by atoms with Crippen molar-refractivity contribution in [2.75, 3.05) is 0 Å². The molecule has 0 fully saturated rings. The van der Waals surface area contributed by atoms with Gasteiger partial charge in [0.1, 0.15) is 0 Å². The second-order valence-corrected chi connectivity index (χ2v) is 3.05. The number of carboxylic acids is 1. The summed E-state index contributed by atoms with van der Waals surface area (Å²) in [4.78, 5) is 10.4. The van der Waals surface area contributed by atoms with E-state index in [1.807, 2.05) is 6.92 Å². The number of hydrogen-bond donors (Lipinski definition) is 2. The van der Waals surface area contributed by atoms with Gasteiger partial charge in [-0.2, -0.15) is 5.10 Å². The van der Waals surface area contributed by atoms with E-state index in [-0.39, 0.29) is 6.42 Å². The number of aliphatic carboxylic acids is 1. The number of carbonyl (C=O) groups is 1. The van der Waals surface area contributed by atoms with Crippen LogP contribution in [0.25, 0.3) is 0 Å². The molecule has 13 heavy (non-hydrogen) atoms. The van der Waals surface area contributed by atoms with Gasteiger partial charge in [-0.3, -0.25) is 9.48 Å². The summed E-state index contributed by atoms with van der Waals surface area (Å²) in [6.45, 7) is 1.82. The van der Waals surface area contributed by atoms with Crippen molar-refractivity contribution < 1.29 is 9.90 Å². The first-order valence-electron chi connectivity index (χ1n) is 3.98. The van der Waals surface area contributed by atoms with Gasteiger partial charge in [-0.1, -0.05) is 0 Å². The van der Waals surface area contributed by atoms with Gasteiger partial charge >= 0.3 is 5.97 Å². The summed E-state index contributed by atoms with van der Waals surface area (Å²) in [6, 6.07) is -0.466. The Morgan fingerprint density at radius 1 is 1.85 bits per heavy atom. The Hall–Kier alpha value is -1.36. The lowest BCUT2D eigenvalue weighted by Crippen LogP contribution is -2.15. The quantitative estimate of drug-likeness (QED) is 0.701. The Labute approximate surface area is 76.2 Å². The molecule has 0 amide bonds. The van der Waals surface area contributed by atoms with E-state index in [1.54, 1.807) is 17.9 Å². The van der Waals surface area contributed by atoms with Crippen LogP contribution in [-0.2, 0) is 11.8 Å². The molecule has 1 aromatic rings. The number of nitrogens with two attached hydrogens (primary N) is 1. The number of carboxylic acid groups (broad SMARTS) is 1. The lowest BCUT2D eigenvalue weighted by Gasteiger charge is -2.06. The van der Waals surface area contributed by atoms with Crippen molar-refractivity contribution in [3.05, 3.63) is 17.5 Å². The maximum atomic E-state index is 10.4. The molecule has 0 aliphatic heterocycles. The molecule has 5 nitrogen and oxygen atoms in total. The van der Waals surface area contributed by atoms with E-state index in [9.17, 15) is 4.79 Å². The lowest BCUT2D eigenvalue weighted by molar-refractivity contribution is -0.137. The molecule has 0 spiro atoms. The van der Waals surface area contributed by atoms with Gasteiger partial charge in [0.15, 0.2) is 0 Å². The van der Waals surface area contributed by atoms with Crippen LogP contribution >= 0.6 is 0 Å². The summed E-state index contributed by atoms with van der Waals surface area (Å²) in [7, 11) is 1.78. The standard InChI is InChI=1S/C8H13N3O2/c1-5-6(4-11(2)10-5)7(9)3-8(12)13/h4,7H,3,9H2,1-2H3,(H,12,13)/t7-/m1/s1. The molecule has 3 N–H and O–H groups in total. The summed E-state index contributed by atoms with van der Waals surface area (Å²) in [6.07, 6.45) is 1.69. The molecule has 0 saturated heterocycles. The summed E-state index contributed by atoms with van der Waals surface area (Å²) in [5, 5.41) is 12.6. The van der Waals surface area contributed by atoms with E-state index in [0.29, 0.717) is 0 Å². The predicted octanol–water partition coefficient (Wildman–Crippen LogP) is 0.203. The third-order valence-corrected chi connectivity index (χ3v) is 1.85. The van der Waals surface area contributed by atoms with Gasteiger partial charge in [-0.15, -0.1) is 0 Å². The topological polar surface area (TPSA) is 81.1 Å². The smallest absolute Gasteiger partial charge is 0.305 e. The fraction of sp³-hybridized carbons (Fsp3) is 0.500. The van der Waals surface area contributed by atoms with Crippen LogP contribution in [0.1, 0.15) is 23.7 Å². The average molecular weight is 183 g/mol. The van der Waals surface area contributed by atoms with Gasteiger partial charge in [-0.25, -0.2) is 0 Å². The number of aryl methyl sites for hydroxylation is 2. The molecular formula is C8H13N3O2. The predicted molar refractivity (Wildman–Crippen MR) is 47.1 cm³/mol. The van der Waals surface area contributed by atoms with Crippen LogP contribution in [0.4, 0.5) is 0 Å². The molecule has 0 aliphatic rings. The Morgan fingerprint density at radius 3 is 2.85 bits per heavy atom. The van der Waals surface area contributed by atoms with E-state index in [1.165, 1.54) is 0 Å². The van der Waals surface area contributed by atoms with Crippen molar-refractivity contribution in [3.8, 4) is 0 Å². The van der Waals surface area contributed by atoms with E-state index in [2.05, 4.69) is 5.10 Å². The molecule has 5 heteroatoms. The first kappa shape index (κ1) is 9.73. The third-order valence-electron chi connectivity index (χ3n) is 1.85. The first-order chi connectivity index (χ1) is 6.00. The van der Waals surface area contributed by atoms with E-state index >= 15 is 0 Å². The fourth-order valence-electron chi connectivity index (χ4n) is 1.28. The van der Waals surface area contributed by atoms with Crippen molar-refractivity contribution in [3.63, 3.8) is 0 Å². The lowest BCUT2D eigenvalue weighted by atomic mass is 10.1. The molecule has 1 heterocycles. The molecule has 0 saturated carbocycles. The Morgan fingerprint density at radius 2 is 2.46 bits per heavy atom. The van der Waals surface area contributed by atoms with Crippen LogP contribution in [-0.4, -0.2) is 20.9 Å². The van der Waals surface area contributed by atoms with Crippen molar-refractivity contribution >= 4 is 5.97 Å². The summed E-state index contributed by atoms with van der Waals surface area (Å²) < 4.78 is 1.63. The van der Waals surface area contributed by atoms with Gasteiger partial charge in [-0.05, 0) is 6.92 Å². The van der Waals surface area contributed by atoms with Crippen LogP contribution in [0.2, 0.25) is 0 Å². The highest BCUT2D eigenvalue weighted by Gasteiger charge is 2.14. The molecule has 0 bridgehead atoms. The minimum absolute atomic E-state index is 0.0630. The largest absolute Gasteiger partial charge is 0.481 e. The minimum atomic E-state index is -0.893. The van der Waals surface area contributed by atoms with Crippen molar-refractivity contribution in [2.45, 2.75) is 19.4 Å². The monoisotopic (exact) mass is 183 g/mol. The normalized spacial score (nSPS) is 12.8. The Bertz CT molecular complexity index is 319. The van der Waals surface area contributed by atoms with Crippen LogP contribution < -0.4 is 5.73 Å². The molecule has 0 aliphatic carbocycles. The highest BCUT2D eigenvalue weighted by Crippen LogP contribution is 2.16. The SMILES string of the molecule is Cc1nn(C)cc1[C@H](N)CC(=O)O. The maximum absolute atomic E-state index is 10.4. The van der Waals surface area contributed by atoms with Crippen LogP contribution in [0.5, 0.6) is 0 Å². The first-order valence-corrected chi connectivity index (χ1v) is 3.98. The number of aromatic nitrogens is 2. The highest BCUT2D eigenvalue weighted by molar-refractivity contribution is 5.67. The van der Waals surface area contributed by atoms with Crippen LogP contribution in [0.3, 0.4) is 0 Å². The summed E-state index contributed by atoms with van der Waals surface area (Å²) in [5.74, 6) is -0.893. The summed E-state index contributed by atoms with van der Waals surface area (Å²) in [5.41, 5.74) is 7.26. The van der Waals surface area contributed by atoms with Crippen LogP contribution in [0, 0.1) is 6.92 Å². The molecular weight excluding hydrogens is 170 g/mol. The van der Waals surface area contributed by atoms with E-state index < -0.39 is 12.0 Å². The third kappa shape index (κ3) is 2.29. The molecule has 1 aromatic heterocycles. The minimum Gasteiger partial charge on any atom is -0.481 e. The zero-order chi connectivity index (χ0) is 10.0. The molecule has 72 valence electrons. The summed E-state index contributed by atoms with van der Waals surface area (Å²) >= 11 is 0. The van der Waals surface area contributed by atoms with E-state index in [4.69, 9.17) is 10.8 Å². The molecule has 1 rings (SSSR count). The second-order valence-electron chi connectivity index (χ2n) is 3.05. The van der Waals surface area contributed by atoms with Crippen molar-refractivity contribution in [2.24, 2.45) is 12.8 Å². The van der Waals surface area contributed by atoms with Crippen molar-refractivity contribution in [1.82, 2.24) is 9.78 Å². The second kappa shape index (κ2) is 3.57. The number of nitrogens with zero attached hydrogens (tertiary/aromatic N) is 2. The highest BCUT2D eigenvalue weighted by atomic mass is 16.4. The van der Waals surface area contributed by atoms with E-state index in [0.717, 1.165) is 11.3 Å². The molecule has 0 aromatic carbocycles. The van der Waals surface area contributed by atoms with Gasteiger partial charge in [0, 0.05) is 24.8 Å². The zero-order valence-electron chi connectivity index (χ0n) is 7.69. The van der Waals surface area contributed by atoms with Gasteiger partial charge in [0.2, 0.25) is 0 Å². The zero-order valence-corrected chi connectivity index (χ0v) is 7.69. The number of hydrogen-bond acceptors (Lipinski definition) is 3. The Kier molecular flexibility index (Phi) is 2.67. The molecule has 0 radical (unpaired) electrons. The van der Waals surface area contributed by atoms with Gasteiger partial charge < -0.3 is 10.8 Å². The maximum Gasteiger partial charge on any atom is 0.305 e. The fourth-order valence-corrected chi connectivity index (χ4v) is 1.28. The molecule has 0 unspecified atom stereocenters. The number of rotatable bonds is 3. The van der Waals surface area contributed by atoms with Gasteiger partial charge in [0.25, 0.3) is 0 Å². The van der Waals surface area contributed by atoms with Crippen molar-refractivity contribution in [1.29, 1.82) is 0 Å². The molecule has 1 atom stereocenters. The average Bonchev–Trinajstić information content (AvgIpc) is 2.28.